The van der Waals surface area contributed by atoms with Crippen molar-refractivity contribution in [1.29, 1.82) is 0 Å². The van der Waals surface area contributed by atoms with Crippen molar-refractivity contribution in [2.75, 3.05) is 13.2 Å². The van der Waals surface area contributed by atoms with Crippen LogP contribution in [0.15, 0.2) is 121 Å². The lowest BCUT2D eigenvalue weighted by Gasteiger charge is -2.45. The monoisotopic (exact) mass is 622 g/mol. The predicted octanol–water partition coefficient (Wildman–Crippen LogP) is 6.53. The molecule has 44 heavy (non-hydrogen) atoms. The SMILES string of the molecule is CC(C)(C)[Si](OC[C@H]1CC[C@@H](O)[C@@H]1CO[Si](c1ccccc1)(c1ccccc1)C(C)(C)C)(c1ccccc1)c1ccccc1. The van der Waals surface area contributed by atoms with Gasteiger partial charge in [-0.25, -0.2) is 0 Å². The smallest absolute Gasteiger partial charge is 0.261 e. The minimum atomic E-state index is -2.71. The summed E-state index contributed by atoms with van der Waals surface area (Å²) in [6.07, 6.45) is 1.32. The van der Waals surface area contributed by atoms with Gasteiger partial charge in [0.05, 0.1) is 6.10 Å². The van der Waals surface area contributed by atoms with Crippen molar-refractivity contribution in [3.05, 3.63) is 121 Å². The fraction of sp³-hybridized carbons (Fsp3) is 0.385. The lowest BCUT2D eigenvalue weighted by Crippen LogP contribution is -2.67. The molecule has 5 rings (SSSR count). The predicted molar refractivity (Wildman–Crippen MR) is 189 cm³/mol. The standard InChI is InChI=1S/C39H50O3Si2/c1-38(2,3)43(32-19-11-7-12-20-32,33-21-13-8-14-22-33)41-29-31-27-28-37(40)36(31)30-42-44(39(4,5)6,34-23-15-9-16-24-34)35-25-17-10-18-26-35/h7-26,31,36-37,40H,27-30H2,1-6H3/t31-,36-,37-/m1/s1. The van der Waals surface area contributed by atoms with Crippen molar-refractivity contribution in [3.8, 4) is 0 Å². The fourth-order valence-corrected chi connectivity index (χ4v) is 16.8. The third-order valence-corrected chi connectivity index (χ3v) is 19.8. The van der Waals surface area contributed by atoms with E-state index in [1.165, 1.54) is 20.7 Å². The number of rotatable bonds is 10. The van der Waals surface area contributed by atoms with Crippen LogP contribution in [-0.2, 0) is 8.85 Å². The second-order valence-electron chi connectivity index (χ2n) is 14.5. The molecule has 1 aliphatic rings. The Labute approximate surface area is 267 Å². The van der Waals surface area contributed by atoms with Crippen LogP contribution < -0.4 is 20.7 Å². The zero-order valence-corrected chi connectivity index (χ0v) is 29.4. The molecule has 0 saturated heterocycles. The Morgan fingerprint density at radius 1 is 0.523 bits per heavy atom. The largest absolute Gasteiger partial charge is 0.407 e. The molecule has 3 nitrogen and oxygen atoms in total. The molecule has 0 radical (unpaired) electrons. The van der Waals surface area contributed by atoms with Gasteiger partial charge < -0.3 is 14.0 Å². The van der Waals surface area contributed by atoms with Gasteiger partial charge in [0.25, 0.3) is 16.6 Å². The quantitative estimate of drug-likeness (QED) is 0.205. The van der Waals surface area contributed by atoms with Gasteiger partial charge in [0.15, 0.2) is 0 Å². The van der Waals surface area contributed by atoms with Crippen LogP contribution in [0.2, 0.25) is 10.1 Å². The summed E-state index contributed by atoms with van der Waals surface area (Å²) >= 11 is 0. The third-order valence-electron chi connectivity index (χ3n) is 9.77. The summed E-state index contributed by atoms with van der Waals surface area (Å²) in [7, 11) is -5.39. The van der Waals surface area contributed by atoms with E-state index in [0.29, 0.717) is 13.2 Å². The van der Waals surface area contributed by atoms with Crippen LogP contribution in [0.25, 0.3) is 0 Å². The second-order valence-corrected chi connectivity index (χ2v) is 23.1. The van der Waals surface area contributed by atoms with E-state index in [-0.39, 0.29) is 21.9 Å². The number of hydrogen-bond donors (Lipinski definition) is 1. The van der Waals surface area contributed by atoms with Crippen LogP contribution in [0.3, 0.4) is 0 Å². The van der Waals surface area contributed by atoms with Gasteiger partial charge >= 0.3 is 0 Å². The Hall–Kier alpha value is -2.81. The molecule has 0 bridgehead atoms. The lowest BCUT2D eigenvalue weighted by atomic mass is 9.97. The highest BCUT2D eigenvalue weighted by Gasteiger charge is 2.53. The number of benzene rings is 4. The molecule has 0 unspecified atom stereocenters. The first-order valence-corrected chi connectivity index (χ1v) is 20.0. The third kappa shape index (κ3) is 6.18. The van der Waals surface area contributed by atoms with Gasteiger partial charge in [-0.3, -0.25) is 0 Å². The lowest BCUT2D eigenvalue weighted by molar-refractivity contribution is 0.0629. The van der Waals surface area contributed by atoms with Crippen molar-refractivity contribution in [2.24, 2.45) is 11.8 Å². The van der Waals surface area contributed by atoms with Crippen LogP contribution in [0.5, 0.6) is 0 Å². The van der Waals surface area contributed by atoms with E-state index in [2.05, 4.69) is 163 Å². The Bertz CT molecular complexity index is 1370. The van der Waals surface area contributed by atoms with Crippen molar-refractivity contribution in [1.82, 2.24) is 0 Å². The molecule has 0 aliphatic heterocycles. The highest BCUT2D eigenvalue weighted by atomic mass is 28.4. The van der Waals surface area contributed by atoms with Crippen LogP contribution >= 0.6 is 0 Å². The van der Waals surface area contributed by atoms with Gasteiger partial charge in [0, 0.05) is 19.1 Å². The highest BCUT2D eigenvalue weighted by molar-refractivity contribution is 7.00. The van der Waals surface area contributed by atoms with E-state index in [0.717, 1.165) is 12.8 Å². The Balaban J connectivity index is 1.48. The Kier molecular flexibility index (Phi) is 9.83. The first kappa shape index (κ1) is 32.6. The van der Waals surface area contributed by atoms with Crippen molar-refractivity contribution in [3.63, 3.8) is 0 Å². The summed E-state index contributed by atoms with van der Waals surface area (Å²) in [6.45, 7) is 15.0. The maximum Gasteiger partial charge on any atom is 0.261 e. The summed E-state index contributed by atoms with van der Waals surface area (Å²) in [6, 6.07) is 43.3. The Morgan fingerprint density at radius 3 is 1.16 bits per heavy atom. The molecule has 0 heterocycles. The Morgan fingerprint density at radius 2 is 0.841 bits per heavy atom. The molecule has 0 aromatic heterocycles. The van der Waals surface area contributed by atoms with Crippen LogP contribution in [-0.4, -0.2) is 41.1 Å². The number of aliphatic hydroxyl groups excluding tert-OH is 1. The van der Waals surface area contributed by atoms with E-state index in [1.807, 2.05) is 0 Å². The van der Waals surface area contributed by atoms with Crippen molar-refractivity contribution < 1.29 is 14.0 Å². The molecule has 1 saturated carbocycles. The van der Waals surface area contributed by atoms with Crippen molar-refractivity contribution >= 4 is 37.4 Å². The number of aliphatic hydroxyl groups is 1. The topological polar surface area (TPSA) is 38.7 Å². The molecule has 1 N–H and O–H groups in total. The summed E-state index contributed by atoms with van der Waals surface area (Å²) < 4.78 is 14.7. The summed E-state index contributed by atoms with van der Waals surface area (Å²) in [4.78, 5) is 0. The highest BCUT2D eigenvalue weighted by Crippen LogP contribution is 2.41. The molecular weight excluding hydrogens is 573 g/mol. The first-order chi connectivity index (χ1) is 21.0. The van der Waals surface area contributed by atoms with Crippen LogP contribution in [0.1, 0.15) is 54.4 Å². The minimum Gasteiger partial charge on any atom is -0.407 e. The van der Waals surface area contributed by atoms with Gasteiger partial charge in [0.1, 0.15) is 0 Å². The zero-order valence-electron chi connectivity index (χ0n) is 27.4. The molecular formula is C39H50O3Si2. The van der Waals surface area contributed by atoms with Crippen molar-refractivity contribution in [2.45, 2.75) is 70.6 Å². The molecule has 3 atom stereocenters. The van der Waals surface area contributed by atoms with E-state index in [1.54, 1.807) is 0 Å². The van der Waals surface area contributed by atoms with E-state index >= 15 is 0 Å². The molecule has 1 fully saturated rings. The molecule has 0 spiro atoms. The van der Waals surface area contributed by atoms with E-state index < -0.39 is 22.7 Å². The molecule has 4 aromatic carbocycles. The fourth-order valence-electron chi connectivity index (χ4n) is 7.56. The van der Waals surface area contributed by atoms with E-state index in [9.17, 15) is 5.11 Å². The molecule has 4 aromatic rings. The summed E-state index contributed by atoms with van der Waals surface area (Å²) in [5.41, 5.74) is 0. The van der Waals surface area contributed by atoms with Crippen LogP contribution in [0.4, 0.5) is 0 Å². The average molecular weight is 623 g/mol. The minimum absolute atomic E-state index is 0.00913. The van der Waals surface area contributed by atoms with Crippen LogP contribution in [0, 0.1) is 11.8 Å². The van der Waals surface area contributed by atoms with Gasteiger partial charge in [-0.05, 0) is 49.6 Å². The normalized spacial score (nSPS) is 19.7. The maximum atomic E-state index is 11.4. The first-order valence-electron chi connectivity index (χ1n) is 16.2. The molecule has 232 valence electrons. The van der Waals surface area contributed by atoms with Gasteiger partial charge in [0.2, 0.25) is 0 Å². The zero-order chi connectivity index (χ0) is 31.4. The summed E-state index contributed by atoms with van der Waals surface area (Å²) in [5, 5.41) is 16.3. The summed E-state index contributed by atoms with van der Waals surface area (Å²) in [5.74, 6) is 0.222. The number of hydrogen-bond acceptors (Lipinski definition) is 3. The average Bonchev–Trinajstić information content (AvgIpc) is 3.37. The maximum absolute atomic E-state index is 11.4. The van der Waals surface area contributed by atoms with Gasteiger partial charge in [-0.15, -0.1) is 0 Å². The molecule has 1 aliphatic carbocycles. The van der Waals surface area contributed by atoms with E-state index in [4.69, 9.17) is 8.85 Å². The second kappa shape index (κ2) is 13.3. The molecule has 5 heteroatoms. The van der Waals surface area contributed by atoms with Gasteiger partial charge in [-0.1, -0.05) is 163 Å². The van der Waals surface area contributed by atoms with Gasteiger partial charge in [-0.2, -0.15) is 0 Å². The molecule has 0 amide bonds.